The van der Waals surface area contributed by atoms with Crippen LogP contribution in [0, 0.1) is 5.92 Å². The lowest BCUT2D eigenvalue weighted by molar-refractivity contribution is -0.740. The number of H-pyrrole nitrogens is 1. The number of hydrogen-bond acceptors (Lipinski definition) is 4. The van der Waals surface area contributed by atoms with Crippen molar-refractivity contribution < 1.29 is 4.68 Å². The molecule has 3 heterocycles. The molecular formula is C25H26N7+. The number of fused-ring (bicyclic) bond motifs is 2. The van der Waals surface area contributed by atoms with E-state index in [4.69, 9.17) is 11.5 Å². The van der Waals surface area contributed by atoms with Gasteiger partial charge in [0.1, 0.15) is 23.3 Å². The second-order valence-corrected chi connectivity index (χ2v) is 8.79. The molecular weight excluding hydrogens is 398 g/mol. The SMILES string of the molecule is NCC1CC(n2cc(-c3ccc4c[n+](Cc5ccccc5)[nH]c4c3)c3c(N)ncnc32)C1. The van der Waals surface area contributed by atoms with Gasteiger partial charge in [0.05, 0.1) is 10.8 Å². The molecule has 7 nitrogen and oxygen atoms in total. The van der Waals surface area contributed by atoms with Crippen molar-refractivity contribution in [1.29, 1.82) is 0 Å². The molecule has 1 fully saturated rings. The molecule has 32 heavy (non-hydrogen) atoms. The number of benzene rings is 2. The lowest BCUT2D eigenvalue weighted by atomic mass is 9.80. The molecule has 1 saturated carbocycles. The second kappa shape index (κ2) is 7.46. The van der Waals surface area contributed by atoms with Crippen LogP contribution < -0.4 is 16.1 Å². The number of aromatic amines is 1. The fraction of sp³-hybridized carbons (Fsp3) is 0.240. The summed E-state index contributed by atoms with van der Waals surface area (Å²) >= 11 is 0. The molecule has 5 N–H and O–H groups in total. The third-order valence-electron chi connectivity index (χ3n) is 6.70. The topological polar surface area (TPSA) is 102 Å². The minimum absolute atomic E-state index is 0.413. The van der Waals surface area contributed by atoms with Crippen molar-refractivity contribution in [3.63, 3.8) is 0 Å². The number of rotatable bonds is 5. The summed E-state index contributed by atoms with van der Waals surface area (Å²) in [6, 6.07) is 17.3. The van der Waals surface area contributed by atoms with Crippen LogP contribution in [0.15, 0.2) is 67.3 Å². The number of nitrogens with two attached hydrogens (primary N) is 2. The van der Waals surface area contributed by atoms with Crippen molar-refractivity contribution >= 4 is 27.8 Å². The van der Waals surface area contributed by atoms with Gasteiger partial charge in [-0.15, -0.1) is 4.68 Å². The molecule has 0 saturated heterocycles. The van der Waals surface area contributed by atoms with Gasteiger partial charge in [-0.25, -0.2) is 9.97 Å². The van der Waals surface area contributed by atoms with Gasteiger partial charge in [-0.3, -0.25) is 0 Å². The number of hydrogen-bond donors (Lipinski definition) is 3. The van der Waals surface area contributed by atoms with E-state index >= 15 is 0 Å². The standard InChI is InChI=1S/C25H25N7/c26-11-17-8-20(9-17)32-14-21(23-24(27)28-15-29-25(23)32)18-6-7-19-13-31(30-22(19)10-18)12-16-4-2-1-3-5-16/h1-7,10,13-15,17,20H,8-9,11-12,26H2,(H2,27,28,29)/p+1. The molecule has 160 valence electrons. The van der Waals surface area contributed by atoms with E-state index in [1.807, 2.05) is 6.07 Å². The molecule has 1 aliphatic rings. The monoisotopic (exact) mass is 424 g/mol. The smallest absolute Gasteiger partial charge is 0.203 e. The molecule has 0 spiro atoms. The lowest BCUT2D eigenvalue weighted by Crippen LogP contribution is -2.35. The Labute approximate surface area is 185 Å². The van der Waals surface area contributed by atoms with Crippen LogP contribution in [0.3, 0.4) is 0 Å². The molecule has 5 aromatic rings. The van der Waals surface area contributed by atoms with Gasteiger partial charge in [0.15, 0.2) is 6.54 Å². The Kier molecular flexibility index (Phi) is 4.43. The van der Waals surface area contributed by atoms with E-state index in [9.17, 15) is 0 Å². The summed E-state index contributed by atoms with van der Waals surface area (Å²) in [6.07, 6.45) is 8.05. The fourth-order valence-electron chi connectivity index (χ4n) is 4.88. The minimum atomic E-state index is 0.413. The third-order valence-corrected chi connectivity index (χ3v) is 6.70. The van der Waals surface area contributed by atoms with Crippen molar-refractivity contribution in [2.75, 3.05) is 12.3 Å². The largest absolute Gasteiger partial charge is 0.383 e. The normalized spacial score (nSPS) is 18.3. The van der Waals surface area contributed by atoms with E-state index in [-0.39, 0.29) is 0 Å². The zero-order valence-corrected chi connectivity index (χ0v) is 17.8. The van der Waals surface area contributed by atoms with Gasteiger partial charge in [0.25, 0.3) is 0 Å². The van der Waals surface area contributed by atoms with Crippen LogP contribution in [0.2, 0.25) is 0 Å². The van der Waals surface area contributed by atoms with E-state index in [1.54, 1.807) is 6.33 Å². The third kappa shape index (κ3) is 3.13. The van der Waals surface area contributed by atoms with E-state index in [0.717, 1.165) is 53.6 Å². The van der Waals surface area contributed by atoms with Gasteiger partial charge in [0, 0.05) is 23.4 Å². The molecule has 0 atom stereocenters. The summed E-state index contributed by atoms with van der Waals surface area (Å²) in [5.74, 6) is 1.11. The molecule has 3 aromatic heterocycles. The molecule has 0 amide bonds. The van der Waals surface area contributed by atoms with Gasteiger partial charge in [-0.1, -0.05) is 36.4 Å². The fourth-order valence-corrected chi connectivity index (χ4v) is 4.88. The van der Waals surface area contributed by atoms with Gasteiger partial charge in [0.2, 0.25) is 6.20 Å². The highest BCUT2D eigenvalue weighted by Gasteiger charge is 2.31. The van der Waals surface area contributed by atoms with Crippen molar-refractivity contribution in [2.24, 2.45) is 11.7 Å². The summed E-state index contributed by atoms with van der Waals surface area (Å²) in [7, 11) is 0. The average Bonchev–Trinajstić information content (AvgIpc) is 3.35. The molecule has 0 unspecified atom stereocenters. The highest BCUT2D eigenvalue weighted by atomic mass is 15.3. The Hall–Kier alpha value is -3.71. The van der Waals surface area contributed by atoms with E-state index < -0.39 is 0 Å². The van der Waals surface area contributed by atoms with Crippen LogP contribution in [0.4, 0.5) is 5.82 Å². The van der Waals surface area contributed by atoms with Crippen LogP contribution in [-0.2, 0) is 6.54 Å². The zero-order chi connectivity index (χ0) is 21.7. The maximum absolute atomic E-state index is 6.33. The number of anilines is 1. The predicted molar refractivity (Wildman–Crippen MR) is 126 cm³/mol. The summed E-state index contributed by atoms with van der Waals surface area (Å²) in [6.45, 7) is 1.54. The number of aromatic nitrogens is 5. The van der Waals surface area contributed by atoms with E-state index in [0.29, 0.717) is 17.8 Å². The van der Waals surface area contributed by atoms with Crippen molar-refractivity contribution in [3.05, 3.63) is 72.8 Å². The maximum atomic E-state index is 6.33. The Morgan fingerprint density at radius 2 is 1.94 bits per heavy atom. The lowest BCUT2D eigenvalue weighted by Gasteiger charge is -2.35. The molecule has 0 aliphatic heterocycles. The van der Waals surface area contributed by atoms with Gasteiger partial charge < -0.3 is 16.0 Å². The zero-order valence-electron chi connectivity index (χ0n) is 17.8. The highest BCUT2D eigenvalue weighted by Crippen LogP contribution is 2.42. The van der Waals surface area contributed by atoms with Gasteiger partial charge in [-0.2, -0.15) is 5.10 Å². The van der Waals surface area contributed by atoms with Crippen LogP contribution in [0.1, 0.15) is 24.4 Å². The van der Waals surface area contributed by atoms with Crippen LogP contribution in [0.25, 0.3) is 33.1 Å². The van der Waals surface area contributed by atoms with Crippen LogP contribution >= 0.6 is 0 Å². The number of nitrogen functional groups attached to an aromatic ring is 1. The Morgan fingerprint density at radius 1 is 1.09 bits per heavy atom. The Bertz CT molecular complexity index is 1410. The quantitative estimate of drug-likeness (QED) is 0.376. The molecule has 2 aromatic carbocycles. The summed E-state index contributed by atoms with van der Waals surface area (Å²) in [5, 5.41) is 5.61. The molecule has 6 rings (SSSR count). The van der Waals surface area contributed by atoms with Crippen molar-refractivity contribution in [1.82, 2.24) is 19.6 Å². The summed E-state index contributed by atoms with van der Waals surface area (Å²) < 4.78 is 4.38. The van der Waals surface area contributed by atoms with Crippen molar-refractivity contribution in [3.8, 4) is 11.1 Å². The Morgan fingerprint density at radius 3 is 2.75 bits per heavy atom. The average molecular weight is 425 g/mol. The summed E-state index contributed by atoms with van der Waals surface area (Å²) in [4.78, 5) is 8.86. The number of nitrogens with one attached hydrogen (secondary N) is 1. The van der Waals surface area contributed by atoms with Gasteiger partial charge >= 0.3 is 0 Å². The molecule has 0 radical (unpaired) electrons. The maximum Gasteiger partial charge on any atom is 0.203 e. The first-order valence-corrected chi connectivity index (χ1v) is 11.1. The Balaban J connectivity index is 1.41. The van der Waals surface area contributed by atoms with Gasteiger partial charge in [-0.05, 0) is 43.0 Å². The predicted octanol–water partition coefficient (Wildman–Crippen LogP) is 3.41. The van der Waals surface area contributed by atoms with Crippen molar-refractivity contribution in [2.45, 2.75) is 25.4 Å². The molecule has 0 bridgehead atoms. The molecule has 1 aliphatic carbocycles. The van der Waals surface area contributed by atoms with E-state index in [2.05, 4.69) is 79.2 Å². The number of nitrogens with zero attached hydrogens (tertiary/aromatic N) is 4. The minimum Gasteiger partial charge on any atom is -0.383 e. The first-order chi connectivity index (χ1) is 15.7. The highest BCUT2D eigenvalue weighted by molar-refractivity contribution is 6.02. The van der Waals surface area contributed by atoms with E-state index in [1.165, 1.54) is 10.9 Å². The van der Waals surface area contributed by atoms with Crippen LogP contribution in [-0.4, -0.2) is 26.2 Å². The first kappa shape index (κ1) is 19.0. The second-order valence-electron chi connectivity index (χ2n) is 8.79. The van der Waals surface area contributed by atoms with Crippen LogP contribution in [0.5, 0.6) is 0 Å². The molecule has 7 heteroatoms. The first-order valence-electron chi connectivity index (χ1n) is 11.1. The summed E-state index contributed by atoms with van der Waals surface area (Å²) in [5.41, 5.74) is 17.6.